The Bertz CT molecular complexity index is 736. The number of nitrogens with zero attached hydrogens (tertiary/aromatic N) is 1. The Labute approximate surface area is 148 Å². The quantitative estimate of drug-likeness (QED) is 0.842. The average Bonchev–Trinajstić information content (AvgIpc) is 3.19. The molecule has 1 unspecified atom stereocenters. The molecule has 0 bridgehead atoms. The molecule has 1 atom stereocenters. The van der Waals surface area contributed by atoms with Gasteiger partial charge in [0.15, 0.2) is 0 Å². The fourth-order valence-electron chi connectivity index (χ4n) is 3.28. The van der Waals surface area contributed by atoms with Gasteiger partial charge in [0.1, 0.15) is 0 Å². The average molecular weight is 340 g/mol. The Kier molecular flexibility index (Phi) is 5.17. The molecule has 126 valence electrons. The van der Waals surface area contributed by atoms with Crippen LogP contribution in [-0.2, 0) is 4.79 Å². The number of amides is 1. The summed E-state index contributed by atoms with van der Waals surface area (Å²) in [6.45, 7) is 7.96. The summed E-state index contributed by atoms with van der Waals surface area (Å²) in [4.78, 5) is 15.8. The maximum absolute atomic E-state index is 12.6. The lowest BCUT2D eigenvalue weighted by Crippen LogP contribution is -2.40. The molecule has 3 rings (SSSR count). The molecule has 1 aliphatic rings. The van der Waals surface area contributed by atoms with Crippen LogP contribution in [-0.4, -0.2) is 25.0 Å². The number of aryl methyl sites for hydroxylation is 2. The minimum atomic E-state index is 0.0695. The zero-order valence-corrected chi connectivity index (χ0v) is 15.3. The van der Waals surface area contributed by atoms with Crippen molar-refractivity contribution in [2.45, 2.75) is 33.2 Å². The predicted octanol–water partition coefficient (Wildman–Crippen LogP) is 4.30. The summed E-state index contributed by atoms with van der Waals surface area (Å²) in [6.07, 6.45) is 4.48. The second-order valence-corrected chi connectivity index (χ2v) is 7.43. The summed E-state index contributed by atoms with van der Waals surface area (Å²) in [7, 11) is 0. The SMILES string of the molecule is CC=CC(=O)N(c1ccc(-c2cc(C)cc(C)c2)s1)C1CCNC1. The fourth-order valence-corrected chi connectivity index (χ4v) is 4.35. The third-order valence-electron chi connectivity index (χ3n) is 4.28. The van der Waals surface area contributed by atoms with Crippen LogP contribution in [0.3, 0.4) is 0 Å². The van der Waals surface area contributed by atoms with Crippen molar-refractivity contribution < 1.29 is 4.79 Å². The van der Waals surface area contributed by atoms with E-state index in [4.69, 9.17) is 0 Å². The molecule has 2 aromatic rings. The second-order valence-electron chi connectivity index (χ2n) is 6.37. The van der Waals surface area contributed by atoms with Crippen LogP contribution in [0.1, 0.15) is 24.5 Å². The van der Waals surface area contributed by atoms with E-state index in [0.717, 1.165) is 24.5 Å². The lowest BCUT2D eigenvalue weighted by molar-refractivity contribution is -0.114. The first-order chi connectivity index (χ1) is 11.6. The molecule has 0 aliphatic carbocycles. The molecule has 1 saturated heterocycles. The molecule has 1 N–H and O–H groups in total. The van der Waals surface area contributed by atoms with E-state index in [1.807, 2.05) is 17.9 Å². The van der Waals surface area contributed by atoms with Gasteiger partial charge in [0.05, 0.1) is 11.0 Å². The van der Waals surface area contributed by atoms with Gasteiger partial charge in [0.25, 0.3) is 5.91 Å². The molecule has 0 radical (unpaired) electrons. The zero-order chi connectivity index (χ0) is 17.1. The standard InChI is InChI=1S/C20H24N2OS/c1-4-5-19(23)22(17-8-9-21-13-17)20-7-6-18(24-20)16-11-14(2)10-15(3)12-16/h4-7,10-12,17,21H,8-9,13H2,1-3H3. The van der Waals surface area contributed by atoms with Crippen LogP contribution < -0.4 is 10.2 Å². The number of allylic oxidation sites excluding steroid dienone is 1. The van der Waals surface area contributed by atoms with E-state index in [2.05, 4.69) is 49.5 Å². The molecule has 2 heterocycles. The van der Waals surface area contributed by atoms with Crippen molar-refractivity contribution in [2.24, 2.45) is 0 Å². The van der Waals surface area contributed by atoms with Crippen LogP contribution in [0.2, 0.25) is 0 Å². The summed E-state index contributed by atoms with van der Waals surface area (Å²) in [5.41, 5.74) is 3.76. The van der Waals surface area contributed by atoms with Gasteiger partial charge in [-0.2, -0.15) is 0 Å². The molecule has 1 aromatic heterocycles. The lowest BCUT2D eigenvalue weighted by atomic mass is 10.1. The first-order valence-electron chi connectivity index (χ1n) is 8.43. The smallest absolute Gasteiger partial charge is 0.251 e. The number of benzene rings is 1. The Balaban J connectivity index is 1.94. The molecule has 1 fully saturated rings. The minimum Gasteiger partial charge on any atom is -0.315 e. The molecule has 24 heavy (non-hydrogen) atoms. The zero-order valence-electron chi connectivity index (χ0n) is 14.5. The summed E-state index contributed by atoms with van der Waals surface area (Å²) in [5.74, 6) is 0.0695. The predicted molar refractivity (Wildman–Crippen MR) is 103 cm³/mol. The van der Waals surface area contributed by atoms with Crippen LogP contribution in [0.25, 0.3) is 10.4 Å². The van der Waals surface area contributed by atoms with E-state index in [9.17, 15) is 4.79 Å². The first kappa shape index (κ1) is 16.9. The summed E-state index contributed by atoms with van der Waals surface area (Å²) in [5, 5.41) is 4.39. The largest absolute Gasteiger partial charge is 0.315 e. The molecule has 1 aliphatic heterocycles. The highest BCUT2D eigenvalue weighted by Gasteiger charge is 2.27. The first-order valence-corrected chi connectivity index (χ1v) is 9.25. The maximum atomic E-state index is 12.6. The molecule has 1 amide bonds. The molecule has 1 aromatic carbocycles. The number of hydrogen-bond acceptors (Lipinski definition) is 3. The van der Waals surface area contributed by atoms with Gasteiger partial charge in [0.2, 0.25) is 0 Å². The fraction of sp³-hybridized carbons (Fsp3) is 0.350. The molecular weight excluding hydrogens is 316 g/mol. The Hall–Kier alpha value is -1.91. The monoisotopic (exact) mass is 340 g/mol. The van der Waals surface area contributed by atoms with Gasteiger partial charge in [-0.3, -0.25) is 9.69 Å². The Morgan fingerprint density at radius 3 is 2.62 bits per heavy atom. The van der Waals surface area contributed by atoms with Gasteiger partial charge in [-0.15, -0.1) is 11.3 Å². The van der Waals surface area contributed by atoms with Crippen molar-refractivity contribution in [3.63, 3.8) is 0 Å². The number of carbonyl (C=O) groups is 1. The van der Waals surface area contributed by atoms with Crippen LogP contribution in [0.5, 0.6) is 0 Å². The third kappa shape index (κ3) is 3.60. The molecule has 0 spiro atoms. The molecule has 3 nitrogen and oxygen atoms in total. The van der Waals surface area contributed by atoms with E-state index in [1.54, 1.807) is 17.4 Å². The van der Waals surface area contributed by atoms with Gasteiger partial charge >= 0.3 is 0 Å². The van der Waals surface area contributed by atoms with Crippen molar-refractivity contribution in [1.29, 1.82) is 0 Å². The van der Waals surface area contributed by atoms with Gasteiger partial charge in [-0.25, -0.2) is 0 Å². The summed E-state index contributed by atoms with van der Waals surface area (Å²) >= 11 is 1.70. The number of anilines is 1. The number of hydrogen-bond donors (Lipinski definition) is 1. The van der Waals surface area contributed by atoms with Crippen molar-refractivity contribution in [3.8, 4) is 10.4 Å². The van der Waals surface area contributed by atoms with Crippen LogP contribution in [0.15, 0.2) is 42.5 Å². The molecule has 0 saturated carbocycles. The minimum absolute atomic E-state index is 0.0695. The number of carbonyl (C=O) groups excluding carboxylic acids is 1. The third-order valence-corrected chi connectivity index (χ3v) is 5.42. The highest BCUT2D eigenvalue weighted by Crippen LogP contribution is 2.36. The van der Waals surface area contributed by atoms with Crippen LogP contribution in [0.4, 0.5) is 5.00 Å². The van der Waals surface area contributed by atoms with Crippen LogP contribution >= 0.6 is 11.3 Å². The van der Waals surface area contributed by atoms with Crippen LogP contribution in [0, 0.1) is 13.8 Å². The van der Waals surface area contributed by atoms with E-state index >= 15 is 0 Å². The number of rotatable bonds is 4. The number of thiophene rings is 1. The van der Waals surface area contributed by atoms with E-state index in [0.29, 0.717) is 0 Å². The van der Waals surface area contributed by atoms with Gasteiger partial charge in [0, 0.05) is 11.4 Å². The maximum Gasteiger partial charge on any atom is 0.251 e. The Morgan fingerprint density at radius 1 is 1.25 bits per heavy atom. The molecular formula is C20H24N2OS. The Morgan fingerprint density at radius 2 is 2.00 bits per heavy atom. The highest BCUT2D eigenvalue weighted by atomic mass is 32.1. The van der Waals surface area contributed by atoms with Gasteiger partial charge in [-0.05, 0) is 57.5 Å². The normalized spacial score (nSPS) is 17.5. The summed E-state index contributed by atoms with van der Waals surface area (Å²) in [6, 6.07) is 11.0. The van der Waals surface area contributed by atoms with Crippen molar-refractivity contribution in [1.82, 2.24) is 5.32 Å². The van der Waals surface area contributed by atoms with E-state index in [-0.39, 0.29) is 11.9 Å². The number of nitrogens with one attached hydrogen (secondary N) is 1. The lowest BCUT2D eigenvalue weighted by Gasteiger charge is -2.26. The van der Waals surface area contributed by atoms with E-state index < -0.39 is 0 Å². The van der Waals surface area contributed by atoms with E-state index in [1.165, 1.54) is 21.6 Å². The topological polar surface area (TPSA) is 32.3 Å². The summed E-state index contributed by atoms with van der Waals surface area (Å²) < 4.78 is 0. The van der Waals surface area contributed by atoms with Crippen molar-refractivity contribution >= 4 is 22.2 Å². The highest BCUT2D eigenvalue weighted by molar-refractivity contribution is 7.19. The van der Waals surface area contributed by atoms with Gasteiger partial charge < -0.3 is 5.32 Å². The van der Waals surface area contributed by atoms with Gasteiger partial charge in [-0.1, -0.05) is 35.4 Å². The second kappa shape index (κ2) is 7.32. The van der Waals surface area contributed by atoms with Crippen molar-refractivity contribution in [3.05, 3.63) is 53.6 Å². The molecule has 4 heteroatoms. The van der Waals surface area contributed by atoms with Crippen molar-refractivity contribution in [2.75, 3.05) is 18.0 Å².